The van der Waals surface area contributed by atoms with Gasteiger partial charge in [0.05, 0.1) is 48.1 Å². The Balaban J connectivity index is 2.29. The van der Waals surface area contributed by atoms with Gasteiger partial charge in [0.25, 0.3) is 0 Å². The molecular weight excluding hydrogens is 742 g/mol. The zero-order chi connectivity index (χ0) is 43.6. The van der Waals surface area contributed by atoms with Crippen LogP contribution in [0, 0.1) is 23.7 Å². The molecule has 3 aliphatic heterocycles. The third-order valence-corrected chi connectivity index (χ3v) is 13.6. The van der Waals surface area contributed by atoms with Gasteiger partial charge in [0.2, 0.25) is 0 Å². The minimum atomic E-state index is -1.99. The van der Waals surface area contributed by atoms with Crippen molar-refractivity contribution in [3.05, 3.63) is 0 Å². The molecular formula is C42H75NO14. The highest BCUT2D eigenvalue weighted by Gasteiger charge is 2.58. The first kappa shape index (κ1) is 49.6. The zero-order valence-electron chi connectivity index (χ0n) is 37.4. The van der Waals surface area contributed by atoms with Crippen LogP contribution >= 0.6 is 0 Å². The highest BCUT2D eigenvalue weighted by molar-refractivity contribution is 5.83. The number of cyclic esters (lactones) is 1. The molecule has 0 amide bonds. The molecule has 3 rings (SSSR count). The summed E-state index contributed by atoms with van der Waals surface area (Å²) in [5.41, 5.74) is -5.75. The smallest absolute Gasteiger partial charge is 0.311 e. The SMILES string of the molecule is CC[C@H]1OC(=O)[C@H](C)[C@@H](O[C@H]2C[C@@](C)(OC)[C@@](O)(CC)[C@H](C)O2)[C@H](C)[C@@H](O[C@@H]2O[C@H](C)C[C@H](N(C)C)[C@H]2OC(C)=O)[C@@](C)(OC)C[C@@H](C)C(=O)[C@H](C)[C@@H](O)[C@]1(C)O. The number of ether oxygens (including phenoxy) is 8. The molecule has 57 heavy (non-hydrogen) atoms. The molecule has 0 aromatic rings. The summed E-state index contributed by atoms with van der Waals surface area (Å²) >= 11 is 0. The summed E-state index contributed by atoms with van der Waals surface area (Å²) in [7, 11) is 6.80. The third kappa shape index (κ3) is 10.2. The number of hydrogen-bond acceptors (Lipinski definition) is 15. The van der Waals surface area contributed by atoms with E-state index in [0.717, 1.165) is 0 Å². The van der Waals surface area contributed by atoms with Gasteiger partial charge < -0.3 is 58.1 Å². The number of aliphatic hydroxyl groups excluding tert-OH is 1. The number of nitrogens with zero attached hydrogens (tertiary/aromatic N) is 1. The van der Waals surface area contributed by atoms with E-state index in [1.165, 1.54) is 28.1 Å². The molecule has 0 aromatic carbocycles. The van der Waals surface area contributed by atoms with Crippen LogP contribution in [0.15, 0.2) is 0 Å². The number of rotatable bonds is 10. The summed E-state index contributed by atoms with van der Waals surface area (Å²) < 4.78 is 50.9. The Hall–Kier alpha value is -1.79. The van der Waals surface area contributed by atoms with E-state index < -0.39 is 107 Å². The second-order valence-electron chi connectivity index (χ2n) is 17.9. The molecule has 3 heterocycles. The van der Waals surface area contributed by atoms with Crippen LogP contribution in [-0.2, 0) is 52.3 Å². The van der Waals surface area contributed by atoms with Crippen LogP contribution in [0.4, 0.5) is 0 Å². The van der Waals surface area contributed by atoms with Crippen LogP contribution in [0.2, 0.25) is 0 Å². The predicted octanol–water partition coefficient (Wildman–Crippen LogP) is 3.79. The molecule has 3 saturated heterocycles. The van der Waals surface area contributed by atoms with E-state index in [-0.39, 0.29) is 37.2 Å². The molecule has 3 fully saturated rings. The molecule has 15 heteroatoms. The fourth-order valence-electron chi connectivity index (χ4n) is 9.61. The Morgan fingerprint density at radius 3 is 2.02 bits per heavy atom. The van der Waals surface area contributed by atoms with Gasteiger partial charge in [0.15, 0.2) is 18.7 Å². The lowest BCUT2D eigenvalue weighted by Gasteiger charge is -2.53. The Morgan fingerprint density at radius 2 is 1.51 bits per heavy atom. The fourth-order valence-corrected chi connectivity index (χ4v) is 9.61. The van der Waals surface area contributed by atoms with Gasteiger partial charge in [-0.3, -0.25) is 14.4 Å². The monoisotopic (exact) mass is 818 g/mol. The Labute approximate surface area is 340 Å². The van der Waals surface area contributed by atoms with Gasteiger partial charge in [0.1, 0.15) is 28.7 Å². The van der Waals surface area contributed by atoms with Gasteiger partial charge in [-0.1, -0.05) is 34.6 Å². The quantitative estimate of drug-likeness (QED) is 0.270. The molecule has 0 bridgehead atoms. The topological polar surface area (TPSA) is 189 Å². The minimum Gasteiger partial charge on any atom is -0.459 e. The maximum atomic E-state index is 14.4. The standard InChI is InChI=1S/C42H75NO14/c1-17-30-41(12,48)35(46)24(5)32(45)22(3)20-39(10,50-15)36(57-38-34(54-28(9)44)29(43(13)14)19-23(4)52-38)25(6)33(26(7)37(47)55-30)56-31-21-40(11,51-16)42(49,18-2)27(8)53-31/h22-27,29-31,33-36,38,46,48-49H,17-21H2,1-16H3/t22-,23-,24+,25+,26-,27+,29+,30-,31+,33+,34-,35-,36-,38+,39+,40-,41-,42-/m1/s1. The predicted molar refractivity (Wildman–Crippen MR) is 210 cm³/mol. The summed E-state index contributed by atoms with van der Waals surface area (Å²) in [6.45, 7) is 20.3. The highest BCUT2D eigenvalue weighted by atomic mass is 16.7. The van der Waals surface area contributed by atoms with Crippen molar-refractivity contribution in [1.29, 1.82) is 0 Å². The third-order valence-electron chi connectivity index (χ3n) is 13.6. The van der Waals surface area contributed by atoms with Crippen LogP contribution < -0.4 is 0 Å². The number of aliphatic hydroxyl groups is 3. The number of Topliss-reactive ketones (excluding diaryl/α,β-unsaturated/α-hetero) is 1. The molecule has 332 valence electrons. The minimum absolute atomic E-state index is 0.0825. The van der Waals surface area contributed by atoms with Crippen molar-refractivity contribution in [3.8, 4) is 0 Å². The number of carbonyl (C=O) groups excluding carboxylic acids is 3. The van der Waals surface area contributed by atoms with E-state index in [1.54, 1.807) is 48.5 Å². The summed E-state index contributed by atoms with van der Waals surface area (Å²) in [4.78, 5) is 43.0. The first-order valence-electron chi connectivity index (χ1n) is 20.7. The summed E-state index contributed by atoms with van der Waals surface area (Å²) in [5, 5.41) is 35.0. The number of hydrogen-bond donors (Lipinski definition) is 3. The van der Waals surface area contributed by atoms with Gasteiger partial charge >= 0.3 is 11.9 Å². The average Bonchev–Trinajstić information content (AvgIpc) is 3.15. The van der Waals surface area contributed by atoms with Crippen molar-refractivity contribution < 1.29 is 67.6 Å². The normalized spacial score (nSPS) is 46.9. The number of likely N-dealkylation sites (N-methyl/N-ethyl adjacent to an activating group) is 1. The summed E-state index contributed by atoms with van der Waals surface area (Å²) in [6.07, 6.45) is -7.63. The number of ketones is 1. The lowest BCUT2D eigenvalue weighted by molar-refractivity contribution is -0.338. The molecule has 0 aliphatic carbocycles. The van der Waals surface area contributed by atoms with Gasteiger partial charge in [-0.15, -0.1) is 0 Å². The fraction of sp³-hybridized carbons (Fsp3) is 0.929. The van der Waals surface area contributed by atoms with Crippen LogP contribution in [0.1, 0.15) is 115 Å². The van der Waals surface area contributed by atoms with Gasteiger partial charge in [-0.2, -0.15) is 0 Å². The average molecular weight is 818 g/mol. The van der Waals surface area contributed by atoms with Gasteiger partial charge in [0, 0.05) is 45.3 Å². The highest BCUT2D eigenvalue weighted by Crippen LogP contribution is 2.45. The maximum Gasteiger partial charge on any atom is 0.311 e. The van der Waals surface area contributed by atoms with E-state index in [0.29, 0.717) is 12.8 Å². The molecule has 3 aliphatic rings. The van der Waals surface area contributed by atoms with Crippen molar-refractivity contribution in [2.75, 3.05) is 28.3 Å². The Bertz CT molecular complexity index is 1360. The van der Waals surface area contributed by atoms with Crippen molar-refractivity contribution in [2.24, 2.45) is 23.7 Å². The van der Waals surface area contributed by atoms with Crippen molar-refractivity contribution in [2.45, 2.75) is 199 Å². The van der Waals surface area contributed by atoms with Crippen molar-refractivity contribution in [3.63, 3.8) is 0 Å². The van der Waals surface area contributed by atoms with Crippen LogP contribution in [0.5, 0.6) is 0 Å². The largest absolute Gasteiger partial charge is 0.459 e. The maximum absolute atomic E-state index is 14.4. The van der Waals surface area contributed by atoms with Crippen molar-refractivity contribution >= 4 is 17.7 Å². The first-order chi connectivity index (χ1) is 26.3. The molecule has 0 spiro atoms. The molecule has 0 radical (unpaired) electrons. The Morgan fingerprint density at radius 1 is 0.895 bits per heavy atom. The molecule has 3 N–H and O–H groups in total. The first-order valence-corrected chi connectivity index (χ1v) is 20.7. The molecule has 0 aromatic heterocycles. The van der Waals surface area contributed by atoms with Crippen LogP contribution in [-0.4, -0.2) is 150 Å². The Kier molecular flexibility index (Phi) is 16.8. The van der Waals surface area contributed by atoms with Gasteiger partial charge in [-0.25, -0.2) is 0 Å². The summed E-state index contributed by atoms with van der Waals surface area (Å²) in [6, 6.07) is -0.283. The van der Waals surface area contributed by atoms with Crippen LogP contribution in [0.3, 0.4) is 0 Å². The lowest BCUT2D eigenvalue weighted by atomic mass is 9.73. The van der Waals surface area contributed by atoms with E-state index in [9.17, 15) is 29.7 Å². The van der Waals surface area contributed by atoms with E-state index in [1.807, 2.05) is 39.8 Å². The van der Waals surface area contributed by atoms with E-state index >= 15 is 0 Å². The molecule has 18 atom stereocenters. The second-order valence-corrected chi connectivity index (χ2v) is 17.9. The van der Waals surface area contributed by atoms with Crippen LogP contribution in [0.25, 0.3) is 0 Å². The zero-order valence-corrected chi connectivity index (χ0v) is 37.4. The number of methoxy groups -OCH3 is 2. The molecule has 15 nitrogen and oxygen atoms in total. The number of esters is 2. The molecule has 0 unspecified atom stereocenters. The second kappa shape index (κ2) is 19.3. The summed E-state index contributed by atoms with van der Waals surface area (Å²) in [5.74, 6) is -5.16. The van der Waals surface area contributed by atoms with Gasteiger partial charge in [-0.05, 0) is 81.3 Å². The van der Waals surface area contributed by atoms with E-state index in [2.05, 4.69) is 0 Å². The number of carbonyl (C=O) groups is 3. The van der Waals surface area contributed by atoms with Crippen molar-refractivity contribution in [1.82, 2.24) is 4.90 Å². The van der Waals surface area contributed by atoms with E-state index in [4.69, 9.17) is 37.9 Å². The lowest BCUT2D eigenvalue weighted by Crippen LogP contribution is -2.66. The molecule has 0 saturated carbocycles.